The molecule has 20 heavy (non-hydrogen) atoms. The van der Waals surface area contributed by atoms with Crippen LogP contribution >= 0.6 is 0 Å². The van der Waals surface area contributed by atoms with E-state index in [1.807, 2.05) is 13.1 Å². The van der Waals surface area contributed by atoms with Gasteiger partial charge in [0.2, 0.25) is 0 Å². The minimum Gasteiger partial charge on any atom is -0.337 e. The highest BCUT2D eigenvalue weighted by atomic mass is 16.2. The molecule has 6 heteroatoms. The average Bonchev–Trinajstić information content (AvgIpc) is 2.86. The number of carbonyl (C=O) groups is 1. The third kappa shape index (κ3) is 4.52. The zero-order valence-electron chi connectivity index (χ0n) is 12.4. The van der Waals surface area contributed by atoms with Gasteiger partial charge in [-0.2, -0.15) is 5.10 Å². The van der Waals surface area contributed by atoms with Crippen molar-refractivity contribution in [3.8, 4) is 0 Å². The standard InChI is InChI=1S/C14H25N5O/c1-3-19-11-13(9-16-19)17-14(20)15-6-8-18-7-4-5-12(2)10-18/h9,11-12H,3-8,10H2,1-2H3,(H2,15,17,20). The predicted molar refractivity (Wildman–Crippen MR) is 79.8 cm³/mol. The Hall–Kier alpha value is -1.56. The van der Waals surface area contributed by atoms with Crippen molar-refractivity contribution in [2.45, 2.75) is 33.2 Å². The lowest BCUT2D eigenvalue weighted by molar-refractivity contribution is 0.184. The van der Waals surface area contributed by atoms with E-state index in [-0.39, 0.29) is 6.03 Å². The van der Waals surface area contributed by atoms with E-state index >= 15 is 0 Å². The number of nitrogens with zero attached hydrogens (tertiary/aromatic N) is 3. The van der Waals surface area contributed by atoms with Gasteiger partial charge in [-0.1, -0.05) is 6.92 Å². The molecule has 1 fully saturated rings. The van der Waals surface area contributed by atoms with Crippen LogP contribution in [0.5, 0.6) is 0 Å². The Morgan fingerprint density at radius 2 is 2.40 bits per heavy atom. The Balaban J connectivity index is 1.64. The van der Waals surface area contributed by atoms with Gasteiger partial charge < -0.3 is 15.5 Å². The van der Waals surface area contributed by atoms with E-state index in [0.29, 0.717) is 6.54 Å². The van der Waals surface area contributed by atoms with Crippen LogP contribution in [-0.2, 0) is 6.54 Å². The molecular weight excluding hydrogens is 254 g/mol. The van der Waals surface area contributed by atoms with Crippen LogP contribution in [0.4, 0.5) is 10.5 Å². The largest absolute Gasteiger partial charge is 0.337 e. The summed E-state index contributed by atoms with van der Waals surface area (Å²) in [7, 11) is 0. The molecule has 6 nitrogen and oxygen atoms in total. The zero-order valence-corrected chi connectivity index (χ0v) is 12.4. The molecule has 2 amide bonds. The fraction of sp³-hybridized carbons (Fsp3) is 0.714. The smallest absolute Gasteiger partial charge is 0.319 e. The quantitative estimate of drug-likeness (QED) is 0.863. The molecule has 2 rings (SSSR count). The molecule has 0 spiro atoms. The van der Waals surface area contributed by atoms with Gasteiger partial charge in [0, 0.05) is 32.4 Å². The van der Waals surface area contributed by atoms with Gasteiger partial charge in [0.15, 0.2) is 0 Å². The normalized spacial score (nSPS) is 19.8. The second-order valence-corrected chi connectivity index (χ2v) is 5.51. The molecule has 0 aromatic carbocycles. The molecule has 0 aliphatic carbocycles. The van der Waals surface area contributed by atoms with E-state index in [4.69, 9.17) is 0 Å². The molecule has 1 saturated heterocycles. The van der Waals surface area contributed by atoms with Crippen molar-refractivity contribution in [1.29, 1.82) is 0 Å². The van der Waals surface area contributed by atoms with Crippen LogP contribution in [-0.4, -0.2) is 46.9 Å². The Labute approximate surface area is 120 Å². The number of nitrogens with one attached hydrogen (secondary N) is 2. The lowest BCUT2D eigenvalue weighted by Gasteiger charge is -2.30. The molecule has 1 aliphatic heterocycles. The molecule has 112 valence electrons. The third-order valence-corrected chi connectivity index (χ3v) is 3.67. The number of aromatic nitrogens is 2. The van der Waals surface area contributed by atoms with Gasteiger partial charge in [-0.3, -0.25) is 4.68 Å². The monoisotopic (exact) mass is 279 g/mol. The maximum Gasteiger partial charge on any atom is 0.319 e. The van der Waals surface area contributed by atoms with Crippen LogP contribution in [0.1, 0.15) is 26.7 Å². The third-order valence-electron chi connectivity index (χ3n) is 3.67. The molecule has 0 radical (unpaired) electrons. The first-order valence-corrected chi connectivity index (χ1v) is 7.47. The van der Waals surface area contributed by atoms with Crippen molar-refractivity contribution in [2.24, 2.45) is 5.92 Å². The van der Waals surface area contributed by atoms with Gasteiger partial charge in [0.1, 0.15) is 0 Å². The fourth-order valence-electron chi connectivity index (χ4n) is 2.59. The van der Waals surface area contributed by atoms with Gasteiger partial charge in [0.05, 0.1) is 11.9 Å². The van der Waals surface area contributed by atoms with E-state index in [2.05, 4.69) is 27.6 Å². The van der Waals surface area contributed by atoms with E-state index in [0.717, 1.165) is 37.8 Å². The summed E-state index contributed by atoms with van der Waals surface area (Å²) in [4.78, 5) is 14.2. The number of urea groups is 1. The first-order chi connectivity index (χ1) is 9.67. The van der Waals surface area contributed by atoms with Crippen LogP contribution in [0.2, 0.25) is 0 Å². The molecule has 2 N–H and O–H groups in total. The number of hydrogen-bond acceptors (Lipinski definition) is 3. The number of anilines is 1. The number of carbonyl (C=O) groups excluding carboxylic acids is 1. The van der Waals surface area contributed by atoms with E-state index in [9.17, 15) is 4.79 Å². The van der Waals surface area contributed by atoms with Crippen LogP contribution in [0.3, 0.4) is 0 Å². The topological polar surface area (TPSA) is 62.2 Å². The van der Waals surface area contributed by atoms with Crippen LogP contribution in [0, 0.1) is 5.92 Å². The minimum atomic E-state index is -0.161. The van der Waals surface area contributed by atoms with Gasteiger partial charge in [0.25, 0.3) is 0 Å². The van der Waals surface area contributed by atoms with E-state index in [1.165, 1.54) is 12.8 Å². The lowest BCUT2D eigenvalue weighted by Crippen LogP contribution is -2.41. The molecule has 1 aliphatic rings. The summed E-state index contributed by atoms with van der Waals surface area (Å²) in [6, 6.07) is -0.161. The number of rotatable bonds is 5. The fourth-order valence-corrected chi connectivity index (χ4v) is 2.59. The van der Waals surface area contributed by atoms with Crippen LogP contribution in [0.15, 0.2) is 12.4 Å². The summed E-state index contributed by atoms with van der Waals surface area (Å²) in [5.41, 5.74) is 0.732. The van der Waals surface area contributed by atoms with E-state index in [1.54, 1.807) is 10.9 Å². The first kappa shape index (κ1) is 14.8. The van der Waals surface area contributed by atoms with Crippen molar-refractivity contribution < 1.29 is 4.79 Å². The maximum absolute atomic E-state index is 11.7. The predicted octanol–water partition coefficient (Wildman–Crippen LogP) is 1.76. The summed E-state index contributed by atoms with van der Waals surface area (Å²) in [5.74, 6) is 0.775. The van der Waals surface area contributed by atoms with Crippen molar-refractivity contribution in [2.75, 3.05) is 31.5 Å². The molecule has 1 aromatic heterocycles. The highest BCUT2D eigenvalue weighted by Gasteiger charge is 2.15. The van der Waals surface area contributed by atoms with Crippen molar-refractivity contribution in [1.82, 2.24) is 20.0 Å². The number of aryl methyl sites for hydroxylation is 1. The Morgan fingerprint density at radius 3 is 3.10 bits per heavy atom. The summed E-state index contributed by atoms with van der Waals surface area (Å²) >= 11 is 0. The van der Waals surface area contributed by atoms with Gasteiger partial charge in [-0.25, -0.2) is 4.79 Å². The van der Waals surface area contributed by atoms with Crippen molar-refractivity contribution >= 4 is 11.7 Å². The molecule has 1 aromatic rings. The van der Waals surface area contributed by atoms with Gasteiger partial charge in [-0.15, -0.1) is 0 Å². The van der Waals surface area contributed by atoms with Gasteiger partial charge >= 0.3 is 6.03 Å². The molecule has 1 atom stereocenters. The maximum atomic E-state index is 11.7. The Morgan fingerprint density at radius 1 is 1.55 bits per heavy atom. The molecule has 0 saturated carbocycles. The van der Waals surface area contributed by atoms with Crippen molar-refractivity contribution in [3.05, 3.63) is 12.4 Å². The molecule has 1 unspecified atom stereocenters. The number of hydrogen-bond donors (Lipinski definition) is 2. The Kier molecular flexibility index (Phi) is 5.40. The first-order valence-electron chi connectivity index (χ1n) is 7.47. The van der Waals surface area contributed by atoms with Crippen molar-refractivity contribution in [3.63, 3.8) is 0 Å². The minimum absolute atomic E-state index is 0.161. The summed E-state index contributed by atoms with van der Waals surface area (Å²) < 4.78 is 1.78. The average molecular weight is 279 g/mol. The van der Waals surface area contributed by atoms with Crippen LogP contribution < -0.4 is 10.6 Å². The van der Waals surface area contributed by atoms with Gasteiger partial charge in [-0.05, 0) is 32.2 Å². The summed E-state index contributed by atoms with van der Waals surface area (Å²) in [6.07, 6.45) is 6.08. The molecule has 0 bridgehead atoms. The number of amides is 2. The summed E-state index contributed by atoms with van der Waals surface area (Å²) in [5, 5.41) is 9.80. The molecule has 2 heterocycles. The lowest BCUT2D eigenvalue weighted by atomic mass is 10.0. The van der Waals surface area contributed by atoms with Crippen LogP contribution in [0.25, 0.3) is 0 Å². The second-order valence-electron chi connectivity index (χ2n) is 5.51. The highest BCUT2D eigenvalue weighted by molar-refractivity contribution is 5.88. The summed E-state index contributed by atoms with van der Waals surface area (Å²) in [6.45, 7) is 9.00. The molecular formula is C14H25N5O. The van der Waals surface area contributed by atoms with E-state index < -0.39 is 0 Å². The Bertz CT molecular complexity index is 431. The highest BCUT2D eigenvalue weighted by Crippen LogP contribution is 2.14. The SMILES string of the molecule is CCn1cc(NC(=O)NCCN2CCCC(C)C2)cn1. The zero-order chi connectivity index (χ0) is 14.4. The number of likely N-dealkylation sites (tertiary alicyclic amines) is 1. The number of piperidine rings is 1. The second kappa shape index (κ2) is 7.28.